The van der Waals surface area contributed by atoms with E-state index in [4.69, 9.17) is 9.94 Å². The molecule has 0 aliphatic heterocycles. The van der Waals surface area contributed by atoms with Crippen molar-refractivity contribution in [1.29, 1.82) is 0 Å². The molecule has 2 rings (SSSR count). The van der Waals surface area contributed by atoms with Crippen molar-refractivity contribution in [2.75, 3.05) is 13.7 Å². The number of benzene rings is 1. The summed E-state index contributed by atoms with van der Waals surface area (Å²) in [5.41, 5.74) is 2.11. The van der Waals surface area contributed by atoms with Crippen molar-refractivity contribution in [2.24, 2.45) is 0 Å². The predicted octanol–water partition coefficient (Wildman–Crippen LogP) is 0.786. The van der Waals surface area contributed by atoms with Gasteiger partial charge in [-0.1, -0.05) is 0 Å². The molecular weight excluding hydrogens is 334 g/mol. The summed E-state index contributed by atoms with van der Waals surface area (Å²) in [6, 6.07) is 9.11. The van der Waals surface area contributed by atoms with Crippen LogP contribution in [0.2, 0.25) is 0 Å². The minimum atomic E-state index is -3.94. The molecule has 8 nitrogen and oxygen atoms in total. The van der Waals surface area contributed by atoms with Gasteiger partial charge in [0.1, 0.15) is 5.75 Å². The third kappa shape index (κ3) is 4.28. The number of amides is 1. The number of ether oxygens (including phenoxy) is 1. The molecule has 1 aromatic carbocycles. The van der Waals surface area contributed by atoms with Crippen molar-refractivity contribution in [3.63, 3.8) is 0 Å². The summed E-state index contributed by atoms with van der Waals surface area (Å²) in [5.74, 6) is -0.316. The molecule has 0 aliphatic carbocycles. The highest BCUT2D eigenvalue weighted by Gasteiger charge is 2.26. The van der Waals surface area contributed by atoms with E-state index in [0.29, 0.717) is 11.3 Å². The number of nitrogens with zero attached hydrogens (tertiary/aromatic N) is 2. The van der Waals surface area contributed by atoms with Gasteiger partial charge in [0.05, 0.1) is 18.6 Å². The lowest BCUT2D eigenvalue weighted by Gasteiger charge is -2.21. The number of hydrogen-bond acceptors (Lipinski definition) is 6. The first-order valence-corrected chi connectivity index (χ1v) is 8.37. The van der Waals surface area contributed by atoms with Crippen molar-refractivity contribution < 1.29 is 23.2 Å². The lowest BCUT2D eigenvalue weighted by atomic mass is 10.3. The van der Waals surface area contributed by atoms with Crippen LogP contribution in [-0.2, 0) is 21.4 Å². The van der Waals surface area contributed by atoms with Crippen molar-refractivity contribution in [1.82, 2.24) is 14.8 Å². The van der Waals surface area contributed by atoms with Crippen LogP contribution >= 0.6 is 0 Å². The normalized spacial score (nSPS) is 11.3. The van der Waals surface area contributed by atoms with Gasteiger partial charge in [-0.15, -0.1) is 0 Å². The van der Waals surface area contributed by atoms with Crippen LogP contribution in [-0.4, -0.2) is 42.5 Å². The lowest BCUT2D eigenvalue weighted by molar-refractivity contribution is -0.129. The third-order valence-corrected chi connectivity index (χ3v) is 5.06. The Balaban J connectivity index is 2.34. The van der Waals surface area contributed by atoms with Crippen LogP contribution in [0, 0.1) is 0 Å². The Bertz CT molecular complexity index is 779. The Kier molecular flexibility index (Phi) is 5.85. The zero-order valence-corrected chi connectivity index (χ0v) is 13.7. The van der Waals surface area contributed by atoms with Crippen molar-refractivity contribution in [3.8, 4) is 5.75 Å². The van der Waals surface area contributed by atoms with Crippen LogP contribution in [0.1, 0.15) is 5.56 Å². The maximum absolute atomic E-state index is 12.8. The summed E-state index contributed by atoms with van der Waals surface area (Å²) in [6.07, 6.45) is 3.05. The second kappa shape index (κ2) is 7.86. The molecule has 0 bridgehead atoms. The molecule has 0 radical (unpaired) electrons. The summed E-state index contributed by atoms with van der Waals surface area (Å²) in [5, 5.41) is 8.71. The van der Waals surface area contributed by atoms with Gasteiger partial charge in [0.2, 0.25) is 10.0 Å². The Morgan fingerprint density at radius 3 is 2.38 bits per heavy atom. The van der Waals surface area contributed by atoms with Crippen molar-refractivity contribution >= 4 is 15.9 Å². The van der Waals surface area contributed by atoms with E-state index < -0.39 is 22.5 Å². The zero-order chi connectivity index (χ0) is 17.6. The number of sulfonamides is 1. The summed E-state index contributed by atoms with van der Waals surface area (Å²) >= 11 is 0. The molecule has 0 spiro atoms. The molecule has 2 aromatic rings. The fourth-order valence-corrected chi connectivity index (χ4v) is 3.39. The number of pyridine rings is 1. The average Bonchev–Trinajstić information content (AvgIpc) is 2.62. The Morgan fingerprint density at radius 1 is 1.21 bits per heavy atom. The molecule has 24 heavy (non-hydrogen) atoms. The molecule has 1 aromatic heterocycles. The molecular formula is C15H17N3O5S. The molecule has 0 fully saturated rings. The summed E-state index contributed by atoms with van der Waals surface area (Å²) in [4.78, 5) is 15.4. The lowest BCUT2D eigenvalue weighted by Crippen LogP contribution is -2.39. The molecule has 128 valence electrons. The minimum absolute atomic E-state index is 0.0168. The molecule has 1 amide bonds. The Morgan fingerprint density at radius 2 is 1.83 bits per heavy atom. The summed E-state index contributed by atoms with van der Waals surface area (Å²) in [7, 11) is -2.47. The van der Waals surface area contributed by atoms with Gasteiger partial charge >= 0.3 is 0 Å². The van der Waals surface area contributed by atoms with E-state index in [1.165, 1.54) is 49.2 Å². The van der Waals surface area contributed by atoms with Gasteiger partial charge < -0.3 is 4.74 Å². The first-order valence-electron chi connectivity index (χ1n) is 6.93. The van der Waals surface area contributed by atoms with Crippen LogP contribution in [0.4, 0.5) is 0 Å². The third-order valence-electron chi connectivity index (χ3n) is 3.25. The SMILES string of the molecule is COc1ccc(S(=O)(=O)N(CC(=O)NO)Cc2ccncc2)cc1. The standard InChI is InChI=1S/C15H17N3O5S/c1-23-13-2-4-14(5-3-13)24(21,22)18(11-15(19)17-20)10-12-6-8-16-9-7-12/h2-9,20H,10-11H2,1H3,(H,17,19). The van der Waals surface area contributed by atoms with Gasteiger partial charge in [0, 0.05) is 18.9 Å². The molecule has 9 heteroatoms. The van der Waals surface area contributed by atoms with Crippen LogP contribution in [0.15, 0.2) is 53.7 Å². The van der Waals surface area contributed by atoms with E-state index in [1.807, 2.05) is 0 Å². The smallest absolute Gasteiger partial charge is 0.258 e. The monoisotopic (exact) mass is 351 g/mol. The number of rotatable bonds is 7. The van der Waals surface area contributed by atoms with E-state index in [-0.39, 0.29) is 11.4 Å². The van der Waals surface area contributed by atoms with Crippen molar-refractivity contribution in [3.05, 3.63) is 54.4 Å². The Hall–Kier alpha value is -2.49. The highest BCUT2D eigenvalue weighted by molar-refractivity contribution is 7.89. The van der Waals surface area contributed by atoms with Gasteiger partial charge in [-0.25, -0.2) is 13.9 Å². The van der Waals surface area contributed by atoms with Crippen LogP contribution in [0.3, 0.4) is 0 Å². The van der Waals surface area contributed by atoms with E-state index in [9.17, 15) is 13.2 Å². The van der Waals surface area contributed by atoms with E-state index in [0.717, 1.165) is 4.31 Å². The fourth-order valence-electron chi connectivity index (χ4n) is 2.01. The van der Waals surface area contributed by atoms with Gasteiger partial charge in [0.25, 0.3) is 5.91 Å². The number of aromatic nitrogens is 1. The van der Waals surface area contributed by atoms with Gasteiger partial charge in [-0.3, -0.25) is 15.0 Å². The Labute approximate surface area is 139 Å². The number of carbonyl (C=O) groups excluding carboxylic acids is 1. The fraction of sp³-hybridized carbons (Fsp3) is 0.200. The van der Waals surface area contributed by atoms with Crippen LogP contribution in [0.5, 0.6) is 5.75 Å². The summed E-state index contributed by atoms with van der Waals surface area (Å²) in [6.45, 7) is -0.558. The molecule has 0 saturated heterocycles. The molecule has 1 heterocycles. The highest BCUT2D eigenvalue weighted by atomic mass is 32.2. The predicted molar refractivity (Wildman–Crippen MR) is 84.8 cm³/mol. The zero-order valence-electron chi connectivity index (χ0n) is 12.9. The van der Waals surface area contributed by atoms with Crippen LogP contribution < -0.4 is 10.2 Å². The maximum Gasteiger partial charge on any atom is 0.258 e. The first-order chi connectivity index (χ1) is 11.5. The topological polar surface area (TPSA) is 109 Å². The van der Waals surface area contributed by atoms with Crippen LogP contribution in [0.25, 0.3) is 0 Å². The molecule has 0 aliphatic rings. The highest BCUT2D eigenvalue weighted by Crippen LogP contribution is 2.21. The van der Waals surface area contributed by atoms with Gasteiger partial charge in [0.15, 0.2) is 0 Å². The second-order valence-corrected chi connectivity index (χ2v) is 6.78. The number of hydrogen-bond donors (Lipinski definition) is 2. The second-order valence-electron chi connectivity index (χ2n) is 4.84. The van der Waals surface area contributed by atoms with Gasteiger partial charge in [-0.05, 0) is 42.0 Å². The van der Waals surface area contributed by atoms with Crippen molar-refractivity contribution in [2.45, 2.75) is 11.4 Å². The molecule has 2 N–H and O–H groups in total. The quantitative estimate of drug-likeness (QED) is 0.564. The number of methoxy groups -OCH3 is 1. The van der Waals surface area contributed by atoms with E-state index in [1.54, 1.807) is 12.1 Å². The number of nitrogens with one attached hydrogen (secondary N) is 1. The molecule has 0 saturated carbocycles. The molecule has 0 atom stereocenters. The summed E-state index contributed by atoms with van der Waals surface area (Å²) < 4.78 is 31.6. The van der Waals surface area contributed by atoms with E-state index in [2.05, 4.69) is 4.98 Å². The largest absolute Gasteiger partial charge is 0.497 e. The minimum Gasteiger partial charge on any atom is -0.497 e. The molecule has 0 unspecified atom stereocenters. The number of hydroxylamine groups is 1. The number of carbonyl (C=O) groups is 1. The van der Waals surface area contributed by atoms with Gasteiger partial charge in [-0.2, -0.15) is 4.31 Å². The van der Waals surface area contributed by atoms with E-state index >= 15 is 0 Å². The first kappa shape index (κ1) is 17.9. The average molecular weight is 351 g/mol. The maximum atomic E-state index is 12.8.